The van der Waals surface area contributed by atoms with E-state index in [-0.39, 0.29) is 20.3 Å². The van der Waals surface area contributed by atoms with E-state index < -0.39 is 0 Å². The summed E-state index contributed by atoms with van der Waals surface area (Å²) in [6.45, 7) is 3.64. The zero-order chi connectivity index (χ0) is 3.41. The Kier molecular flexibility index (Phi) is 15.9. The van der Waals surface area contributed by atoms with Crippen LogP contribution in [0.1, 0.15) is 15.3 Å². The van der Waals surface area contributed by atoms with Crippen molar-refractivity contribution in [2.45, 2.75) is 13.8 Å². The van der Waals surface area contributed by atoms with E-state index in [4.69, 9.17) is 0 Å². The van der Waals surface area contributed by atoms with Crippen LogP contribution < -0.4 is 18.9 Å². The summed E-state index contributed by atoms with van der Waals surface area (Å²) in [5.74, 6) is 5.36. The molecule has 1 heteroatoms. The fourth-order valence-electron chi connectivity index (χ4n) is 0. The molecule has 0 aromatic carbocycles. The van der Waals surface area contributed by atoms with Gasteiger partial charge in [-0.05, 0) is 13.8 Å². The van der Waals surface area contributed by atoms with Crippen LogP contribution in [0.4, 0.5) is 0 Å². The smallest absolute Gasteiger partial charge is 1.00 e. The van der Waals surface area contributed by atoms with Crippen LogP contribution in [0.25, 0.3) is 0 Å². The average molecular weight is 62.0 g/mol. The van der Waals surface area contributed by atoms with Gasteiger partial charge in [0.25, 0.3) is 0 Å². The molecule has 0 aliphatic heterocycles. The summed E-state index contributed by atoms with van der Waals surface area (Å²) in [4.78, 5) is 0. The first-order chi connectivity index (χ1) is 1.91. The van der Waals surface area contributed by atoms with Crippen LogP contribution in [0.3, 0.4) is 0 Å². The van der Waals surface area contributed by atoms with Crippen LogP contribution in [-0.4, -0.2) is 0 Å². The number of hydrogen-bond donors (Lipinski definition) is 0. The van der Waals surface area contributed by atoms with Crippen molar-refractivity contribution in [1.82, 2.24) is 0 Å². The molecular weight excluding hydrogens is 55.0 g/mol. The summed E-state index contributed by atoms with van der Waals surface area (Å²) in [5, 5.41) is 0. The maximum Gasteiger partial charge on any atom is 1.00 e. The Hall–Kier alpha value is 0.157. The summed E-state index contributed by atoms with van der Waals surface area (Å²) in [6, 6.07) is 0. The van der Waals surface area contributed by atoms with Gasteiger partial charge in [-0.3, -0.25) is 0 Å². The van der Waals surface area contributed by atoms with Crippen molar-refractivity contribution in [3.05, 3.63) is 0 Å². The Morgan fingerprint density at radius 2 is 1.40 bits per heavy atom. The Labute approximate surface area is 46.6 Å². The van der Waals surface area contributed by atoms with Gasteiger partial charge in [0, 0.05) is 0 Å². The maximum atomic E-state index is 2.68. The van der Waals surface area contributed by atoms with Crippen molar-refractivity contribution in [3.8, 4) is 11.8 Å². The molecule has 5 heavy (non-hydrogen) atoms. The summed E-state index contributed by atoms with van der Waals surface area (Å²) in [6.07, 6.45) is 0. The third kappa shape index (κ3) is 14.4. The molecule has 0 heterocycles. The molecule has 0 nitrogen and oxygen atoms in total. The molecular formula is C4H7Li. The van der Waals surface area contributed by atoms with Gasteiger partial charge < -0.3 is 1.43 Å². The van der Waals surface area contributed by atoms with E-state index in [0.717, 1.165) is 0 Å². The van der Waals surface area contributed by atoms with E-state index in [1.54, 1.807) is 0 Å². The van der Waals surface area contributed by atoms with Gasteiger partial charge in [0.2, 0.25) is 0 Å². The van der Waals surface area contributed by atoms with Crippen LogP contribution in [-0.2, 0) is 0 Å². The molecule has 0 saturated heterocycles. The first-order valence-electron chi connectivity index (χ1n) is 1.25. The SMILES string of the molecule is CC#CC.[H-].[Li+]. The Bertz CT molecular complexity index is 44.3. The van der Waals surface area contributed by atoms with Gasteiger partial charge in [0.1, 0.15) is 0 Å². The molecule has 0 aromatic heterocycles. The zero-order valence-electron chi connectivity index (χ0n) is 5.00. The van der Waals surface area contributed by atoms with E-state index in [2.05, 4.69) is 11.8 Å². The van der Waals surface area contributed by atoms with Crippen molar-refractivity contribution in [2.24, 2.45) is 0 Å². The molecule has 0 aliphatic carbocycles. The summed E-state index contributed by atoms with van der Waals surface area (Å²) in [5.41, 5.74) is 0. The number of hydrogen-bond acceptors (Lipinski definition) is 0. The standard InChI is InChI=1S/C4H6.Li.H/c1-3-4-2;;/h1-2H3;;/q;+1;-1. The summed E-state index contributed by atoms with van der Waals surface area (Å²) in [7, 11) is 0. The minimum atomic E-state index is 0. The molecule has 0 aliphatic rings. The maximum absolute atomic E-state index is 2.68. The van der Waals surface area contributed by atoms with Gasteiger partial charge in [0.05, 0.1) is 0 Å². The van der Waals surface area contributed by atoms with Gasteiger partial charge in [-0.15, -0.1) is 11.8 Å². The molecule has 0 radical (unpaired) electrons. The van der Waals surface area contributed by atoms with E-state index in [9.17, 15) is 0 Å². The molecule has 24 valence electrons. The van der Waals surface area contributed by atoms with Crippen LogP contribution in [0.2, 0.25) is 0 Å². The van der Waals surface area contributed by atoms with Gasteiger partial charge in [-0.1, -0.05) is 0 Å². The Morgan fingerprint density at radius 1 is 1.20 bits per heavy atom. The summed E-state index contributed by atoms with van der Waals surface area (Å²) < 4.78 is 0. The quantitative estimate of drug-likeness (QED) is 0.228. The predicted octanol–water partition coefficient (Wildman–Crippen LogP) is -1.85. The molecule has 0 atom stereocenters. The van der Waals surface area contributed by atoms with Crippen LogP contribution in [0.15, 0.2) is 0 Å². The molecule has 0 bridgehead atoms. The largest absolute Gasteiger partial charge is 1.00 e. The zero-order valence-corrected chi connectivity index (χ0v) is 4.00. The topological polar surface area (TPSA) is 0 Å². The van der Waals surface area contributed by atoms with Crippen molar-refractivity contribution in [1.29, 1.82) is 0 Å². The molecule has 0 aromatic rings. The van der Waals surface area contributed by atoms with E-state index in [1.807, 2.05) is 13.8 Å². The monoisotopic (exact) mass is 62.1 g/mol. The van der Waals surface area contributed by atoms with Crippen LogP contribution in [0, 0.1) is 11.8 Å². The summed E-state index contributed by atoms with van der Waals surface area (Å²) >= 11 is 0. The second-order valence-electron chi connectivity index (χ2n) is 0.500. The van der Waals surface area contributed by atoms with Crippen molar-refractivity contribution >= 4 is 0 Å². The molecule has 0 N–H and O–H groups in total. The fourth-order valence-corrected chi connectivity index (χ4v) is 0. The molecule has 0 rings (SSSR count). The van der Waals surface area contributed by atoms with Gasteiger partial charge in [-0.25, -0.2) is 0 Å². The second-order valence-corrected chi connectivity index (χ2v) is 0.500. The molecule has 0 spiro atoms. The minimum Gasteiger partial charge on any atom is -1.00 e. The molecule has 0 unspecified atom stereocenters. The number of rotatable bonds is 0. The molecule has 0 fully saturated rings. The van der Waals surface area contributed by atoms with Crippen molar-refractivity contribution < 1.29 is 20.3 Å². The second kappa shape index (κ2) is 8.90. The van der Waals surface area contributed by atoms with Gasteiger partial charge in [-0.2, -0.15) is 0 Å². The fraction of sp³-hybridized carbons (Fsp3) is 0.500. The van der Waals surface area contributed by atoms with Crippen LogP contribution >= 0.6 is 0 Å². The van der Waals surface area contributed by atoms with E-state index >= 15 is 0 Å². The van der Waals surface area contributed by atoms with Gasteiger partial charge >= 0.3 is 18.9 Å². The normalized spacial score (nSPS) is 2.80. The molecule has 0 amide bonds. The minimum absolute atomic E-state index is 0. The van der Waals surface area contributed by atoms with E-state index in [1.165, 1.54) is 0 Å². The van der Waals surface area contributed by atoms with Crippen molar-refractivity contribution in [3.63, 3.8) is 0 Å². The first-order valence-corrected chi connectivity index (χ1v) is 1.25. The average Bonchev–Trinajstić information content (AvgIpc) is 1.37. The Morgan fingerprint density at radius 3 is 1.40 bits per heavy atom. The first kappa shape index (κ1) is 8.94. The molecule has 0 saturated carbocycles. The third-order valence-electron chi connectivity index (χ3n) is 0.250. The Balaban J connectivity index is -0.0000000450. The van der Waals surface area contributed by atoms with Gasteiger partial charge in [0.15, 0.2) is 0 Å². The third-order valence-corrected chi connectivity index (χ3v) is 0.250. The predicted molar refractivity (Wildman–Crippen MR) is 20.2 cm³/mol. The van der Waals surface area contributed by atoms with E-state index in [0.29, 0.717) is 0 Å². The van der Waals surface area contributed by atoms with Crippen molar-refractivity contribution in [2.75, 3.05) is 0 Å². The van der Waals surface area contributed by atoms with Crippen LogP contribution in [0.5, 0.6) is 0 Å².